The molecule has 0 saturated heterocycles. The van der Waals surface area contributed by atoms with Crippen molar-refractivity contribution in [1.29, 1.82) is 0 Å². The van der Waals surface area contributed by atoms with E-state index in [2.05, 4.69) is 16.5 Å². The van der Waals surface area contributed by atoms with E-state index in [1.807, 2.05) is 47.8 Å². The fourth-order valence-corrected chi connectivity index (χ4v) is 5.84. The van der Waals surface area contributed by atoms with Crippen molar-refractivity contribution in [3.8, 4) is 11.4 Å². The number of H-pyrrole nitrogens is 1. The van der Waals surface area contributed by atoms with E-state index < -0.39 is 5.92 Å². The molecule has 2 aliphatic rings. The van der Waals surface area contributed by atoms with Gasteiger partial charge in [-0.2, -0.15) is 0 Å². The molecule has 0 unspecified atom stereocenters. The number of phenols is 1. The fraction of sp³-hybridized carbons (Fsp3) is 0.154. The Hall–Kier alpha value is -3.84. The largest absolute Gasteiger partial charge is 0.508 e. The zero-order chi connectivity index (χ0) is 22.5. The quantitative estimate of drug-likeness (QED) is 0.410. The van der Waals surface area contributed by atoms with Gasteiger partial charge in [-0.25, -0.2) is 4.68 Å². The van der Waals surface area contributed by atoms with Crippen molar-refractivity contribution in [3.05, 3.63) is 110 Å². The summed E-state index contributed by atoms with van der Waals surface area (Å²) in [5, 5.41) is 18.8. The molecule has 0 bridgehead atoms. The lowest BCUT2D eigenvalue weighted by Crippen LogP contribution is -2.31. The molecule has 2 aromatic carbocycles. The van der Waals surface area contributed by atoms with Crippen LogP contribution in [0.1, 0.15) is 40.7 Å². The van der Waals surface area contributed by atoms with Crippen LogP contribution in [0.2, 0.25) is 0 Å². The first-order valence-corrected chi connectivity index (χ1v) is 11.7. The van der Waals surface area contributed by atoms with E-state index in [0.717, 1.165) is 11.3 Å². The third-order valence-corrected chi connectivity index (χ3v) is 7.49. The molecule has 3 heterocycles. The van der Waals surface area contributed by atoms with Crippen molar-refractivity contribution < 1.29 is 9.90 Å². The number of anilines is 1. The number of nitrogens with zero attached hydrogens (tertiary/aromatic N) is 1. The minimum Gasteiger partial charge on any atom is -0.508 e. The monoisotopic (exact) mass is 455 g/mol. The smallest absolute Gasteiger partial charge is 0.277 e. The Morgan fingerprint density at radius 1 is 0.970 bits per heavy atom. The second-order valence-corrected chi connectivity index (χ2v) is 9.44. The molecule has 0 fully saturated rings. The van der Waals surface area contributed by atoms with Crippen molar-refractivity contribution in [2.75, 3.05) is 5.32 Å². The molecular weight excluding hydrogens is 434 g/mol. The average molecular weight is 456 g/mol. The van der Waals surface area contributed by atoms with Crippen LogP contribution < -0.4 is 10.9 Å². The molecule has 1 aliphatic carbocycles. The molecule has 0 spiro atoms. The molecule has 164 valence electrons. The molecule has 2 aromatic heterocycles. The Bertz CT molecular complexity index is 1450. The lowest BCUT2D eigenvalue weighted by molar-refractivity contribution is -0.116. The Kier molecular flexibility index (Phi) is 4.58. The number of aromatic amines is 1. The van der Waals surface area contributed by atoms with E-state index in [0.29, 0.717) is 35.5 Å². The summed E-state index contributed by atoms with van der Waals surface area (Å²) in [5.74, 6) is 0.295. The SMILES string of the molecule is O=C1C[C@H](c2cccs2)CC2=C1[C@@H](c1cccc(O)c1)c1c([nH]n(-c3ccccc3)c1=O)N2. The summed E-state index contributed by atoms with van der Waals surface area (Å²) >= 11 is 1.66. The molecule has 6 rings (SSSR count). The van der Waals surface area contributed by atoms with E-state index >= 15 is 0 Å². The maximum Gasteiger partial charge on any atom is 0.277 e. The predicted molar refractivity (Wildman–Crippen MR) is 128 cm³/mol. The van der Waals surface area contributed by atoms with E-state index in [-0.39, 0.29) is 23.0 Å². The lowest BCUT2D eigenvalue weighted by Gasteiger charge is -2.34. The van der Waals surface area contributed by atoms with Crippen LogP contribution in [0.3, 0.4) is 0 Å². The molecule has 4 aromatic rings. The maximum atomic E-state index is 13.6. The topological polar surface area (TPSA) is 87.1 Å². The molecule has 1 aliphatic heterocycles. The molecule has 3 N–H and O–H groups in total. The van der Waals surface area contributed by atoms with Crippen molar-refractivity contribution in [2.24, 2.45) is 0 Å². The highest BCUT2D eigenvalue weighted by Crippen LogP contribution is 2.47. The Morgan fingerprint density at radius 3 is 2.58 bits per heavy atom. The first kappa shape index (κ1) is 19.8. The second kappa shape index (κ2) is 7.64. The Labute approximate surface area is 193 Å². The highest BCUT2D eigenvalue weighted by molar-refractivity contribution is 7.10. The number of benzene rings is 2. The van der Waals surface area contributed by atoms with E-state index in [4.69, 9.17) is 0 Å². The number of para-hydroxylation sites is 1. The molecule has 33 heavy (non-hydrogen) atoms. The van der Waals surface area contributed by atoms with Crippen molar-refractivity contribution in [3.63, 3.8) is 0 Å². The van der Waals surface area contributed by atoms with Gasteiger partial charge in [0.2, 0.25) is 0 Å². The van der Waals surface area contributed by atoms with Crippen LogP contribution in [0.25, 0.3) is 5.69 Å². The third-order valence-electron chi connectivity index (χ3n) is 6.45. The number of thiophene rings is 1. The number of aromatic nitrogens is 2. The number of hydrogen-bond acceptors (Lipinski definition) is 5. The maximum absolute atomic E-state index is 13.6. The summed E-state index contributed by atoms with van der Waals surface area (Å²) in [6, 6.07) is 20.3. The first-order chi connectivity index (χ1) is 16.1. The van der Waals surface area contributed by atoms with Gasteiger partial charge in [0, 0.05) is 34.4 Å². The van der Waals surface area contributed by atoms with Gasteiger partial charge in [-0.3, -0.25) is 14.7 Å². The molecule has 2 atom stereocenters. The normalized spacial score (nSPS) is 19.7. The van der Waals surface area contributed by atoms with E-state index in [9.17, 15) is 14.7 Å². The molecule has 0 radical (unpaired) electrons. The molecular formula is C26H21N3O3S. The van der Waals surface area contributed by atoms with Crippen LogP contribution in [0, 0.1) is 0 Å². The Balaban J connectivity index is 1.54. The third kappa shape index (κ3) is 3.24. The summed E-state index contributed by atoms with van der Waals surface area (Å²) in [5.41, 5.74) is 3.19. The molecule has 7 heteroatoms. The van der Waals surface area contributed by atoms with Gasteiger partial charge < -0.3 is 10.4 Å². The lowest BCUT2D eigenvalue weighted by atomic mass is 9.74. The predicted octanol–water partition coefficient (Wildman–Crippen LogP) is 4.89. The average Bonchev–Trinajstić information content (AvgIpc) is 3.47. The van der Waals surface area contributed by atoms with Gasteiger partial charge in [-0.15, -0.1) is 11.3 Å². The minimum atomic E-state index is -0.547. The van der Waals surface area contributed by atoms with Crippen LogP contribution in [0.5, 0.6) is 5.75 Å². The number of carbonyl (C=O) groups excluding carboxylic acids is 1. The van der Waals surface area contributed by atoms with Gasteiger partial charge in [-0.1, -0.05) is 36.4 Å². The first-order valence-electron chi connectivity index (χ1n) is 10.9. The number of phenolic OH excluding ortho intramolecular Hbond substituents is 1. The van der Waals surface area contributed by atoms with Gasteiger partial charge in [0.1, 0.15) is 11.6 Å². The summed E-state index contributed by atoms with van der Waals surface area (Å²) < 4.78 is 1.51. The van der Waals surface area contributed by atoms with Gasteiger partial charge in [0.15, 0.2) is 5.78 Å². The summed E-state index contributed by atoms with van der Waals surface area (Å²) in [7, 11) is 0. The van der Waals surface area contributed by atoms with Gasteiger partial charge >= 0.3 is 0 Å². The summed E-state index contributed by atoms with van der Waals surface area (Å²) in [6.45, 7) is 0. The number of carbonyl (C=O) groups is 1. The number of fused-ring (bicyclic) bond motifs is 1. The standard InChI is InChI=1S/C26H21N3O3S/c30-18-9-4-6-15(12-18)22-23-19(13-16(14-20(23)31)21-10-5-11-33-21)27-25-24(22)26(32)29(28-25)17-7-2-1-3-8-17/h1-12,16,22,27-28,30H,13-14H2/t16-,22-/m1/s1. The highest BCUT2D eigenvalue weighted by atomic mass is 32.1. The zero-order valence-electron chi connectivity index (χ0n) is 17.6. The number of Topliss-reactive ketones (excluding diaryl/α,β-unsaturated/α-hetero) is 1. The number of ketones is 1. The molecule has 6 nitrogen and oxygen atoms in total. The fourth-order valence-electron chi connectivity index (χ4n) is 5.01. The number of aromatic hydroxyl groups is 1. The van der Waals surface area contributed by atoms with Crippen molar-refractivity contribution in [1.82, 2.24) is 9.78 Å². The number of rotatable bonds is 3. The molecule has 0 saturated carbocycles. The van der Waals surface area contributed by atoms with Gasteiger partial charge in [0.25, 0.3) is 5.56 Å². The number of hydrogen-bond donors (Lipinski definition) is 3. The van der Waals surface area contributed by atoms with Gasteiger partial charge in [0.05, 0.1) is 11.3 Å². The van der Waals surface area contributed by atoms with Crippen LogP contribution in [0.4, 0.5) is 5.82 Å². The number of nitrogens with one attached hydrogen (secondary N) is 2. The zero-order valence-corrected chi connectivity index (χ0v) is 18.4. The van der Waals surface area contributed by atoms with Crippen molar-refractivity contribution >= 4 is 22.9 Å². The van der Waals surface area contributed by atoms with Crippen LogP contribution in [0.15, 0.2) is 88.2 Å². The number of allylic oxidation sites excluding steroid dienone is 2. The molecule has 0 amide bonds. The van der Waals surface area contributed by atoms with E-state index in [1.165, 1.54) is 9.56 Å². The van der Waals surface area contributed by atoms with Crippen LogP contribution in [-0.4, -0.2) is 20.7 Å². The Morgan fingerprint density at radius 2 is 1.82 bits per heavy atom. The van der Waals surface area contributed by atoms with Crippen molar-refractivity contribution in [2.45, 2.75) is 24.7 Å². The summed E-state index contributed by atoms with van der Waals surface area (Å²) in [6.07, 6.45) is 1.10. The van der Waals surface area contributed by atoms with Crippen LogP contribution in [-0.2, 0) is 4.79 Å². The van der Waals surface area contributed by atoms with Crippen LogP contribution >= 0.6 is 11.3 Å². The highest BCUT2D eigenvalue weighted by Gasteiger charge is 2.41. The minimum absolute atomic E-state index is 0.0352. The second-order valence-electron chi connectivity index (χ2n) is 8.47. The summed E-state index contributed by atoms with van der Waals surface area (Å²) in [4.78, 5) is 28.3. The van der Waals surface area contributed by atoms with Gasteiger partial charge in [-0.05, 0) is 47.7 Å². The van der Waals surface area contributed by atoms with E-state index in [1.54, 1.807) is 29.5 Å².